The topological polar surface area (TPSA) is 52.0 Å². The highest BCUT2D eigenvalue weighted by molar-refractivity contribution is 5.16. The molecule has 21 heavy (non-hydrogen) atoms. The number of nitrogens with one attached hydrogen (secondary N) is 1. The summed E-state index contributed by atoms with van der Waals surface area (Å²) in [5.41, 5.74) is 2.42. The third-order valence-corrected chi connectivity index (χ3v) is 4.01. The van der Waals surface area contributed by atoms with Crippen molar-refractivity contribution in [3.8, 4) is 0 Å². The number of hydrogen-bond donors (Lipinski definition) is 1. The maximum atomic E-state index is 5.99. The lowest BCUT2D eigenvalue weighted by molar-refractivity contribution is -0.0114. The highest BCUT2D eigenvalue weighted by atomic mass is 16.5. The molecule has 0 bridgehead atoms. The van der Waals surface area contributed by atoms with E-state index in [1.54, 1.807) is 0 Å². The number of rotatable bonds is 5. The lowest BCUT2D eigenvalue weighted by Crippen LogP contribution is -2.39. The summed E-state index contributed by atoms with van der Waals surface area (Å²) >= 11 is 0. The quantitative estimate of drug-likeness (QED) is 0.916. The van der Waals surface area contributed by atoms with Gasteiger partial charge in [-0.25, -0.2) is 0 Å². The minimum atomic E-state index is 0.111. The fourth-order valence-corrected chi connectivity index (χ4v) is 2.90. The summed E-state index contributed by atoms with van der Waals surface area (Å²) in [6, 6.07) is 6.49. The predicted octanol–water partition coefficient (Wildman–Crippen LogP) is 2.31. The highest BCUT2D eigenvalue weighted by Gasteiger charge is 2.27. The molecule has 0 amide bonds. The number of ether oxygens (including phenoxy) is 1. The number of pyridine rings is 1. The first-order chi connectivity index (χ1) is 10.4. The van der Waals surface area contributed by atoms with Crippen LogP contribution in [0.2, 0.25) is 0 Å². The third-order valence-electron chi connectivity index (χ3n) is 4.01. The molecule has 3 heterocycles. The van der Waals surface area contributed by atoms with E-state index in [2.05, 4.69) is 28.4 Å². The van der Waals surface area contributed by atoms with Gasteiger partial charge in [-0.1, -0.05) is 0 Å². The molecule has 1 aliphatic heterocycles. The van der Waals surface area contributed by atoms with Crippen LogP contribution in [-0.4, -0.2) is 27.4 Å². The van der Waals surface area contributed by atoms with Crippen molar-refractivity contribution in [1.82, 2.24) is 20.1 Å². The van der Waals surface area contributed by atoms with Gasteiger partial charge in [-0.2, -0.15) is 5.10 Å². The first kappa shape index (κ1) is 14.2. The number of nitrogens with zero attached hydrogens (tertiary/aromatic N) is 3. The van der Waals surface area contributed by atoms with Gasteiger partial charge in [0.05, 0.1) is 11.8 Å². The van der Waals surface area contributed by atoms with E-state index in [-0.39, 0.29) is 6.10 Å². The minimum absolute atomic E-state index is 0.111. The molecule has 2 aromatic heterocycles. The summed E-state index contributed by atoms with van der Waals surface area (Å²) in [6.07, 6.45) is 7.87. The Labute approximate surface area is 125 Å². The summed E-state index contributed by atoms with van der Waals surface area (Å²) in [6.45, 7) is 4.67. The van der Waals surface area contributed by atoms with Gasteiger partial charge in [0.15, 0.2) is 0 Å². The first-order valence-electron chi connectivity index (χ1n) is 7.64. The van der Waals surface area contributed by atoms with Crippen LogP contribution in [0, 0.1) is 0 Å². The zero-order valence-corrected chi connectivity index (χ0v) is 12.4. The predicted molar refractivity (Wildman–Crippen MR) is 80.7 cm³/mol. The van der Waals surface area contributed by atoms with Crippen molar-refractivity contribution in [3.63, 3.8) is 0 Å². The SMILES string of the molecule is CCn1nccc1CN[C@H]1CCCO[C@@H]1c1ccncc1. The molecule has 1 saturated heterocycles. The van der Waals surface area contributed by atoms with Crippen LogP contribution in [0.3, 0.4) is 0 Å². The molecule has 3 rings (SSSR count). The lowest BCUT2D eigenvalue weighted by atomic mass is 9.96. The van der Waals surface area contributed by atoms with Crippen LogP contribution in [0.4, 0.5) is 0 Å². The minimum Gasteiger partial charge on any atom is -0.372 e. The third kappa shape index (κ3) is 3.31. The second kappa shape index (κ2) is 6.83. The monoisotopic (exact) mass is 286 g/mol. The molecular formula is C16H22N4O. The first-order valence-corrected chi connectivity index (χ1v) is 7.64. The Morgan fingerprint density at radius 2 is 2.14 bits per heavy atom. The van der Waals surface area contributed by atoms with Crippen LogP contribution >= 0.6 is 0 Å². The van der Waals surface area contributed by atoms with Gasteiger partial charge in [0.25, 0.3) is 0 Å². The van der Waals surface area contributed by atoms with Crippen molar-refractivity contribution in [2.24, 2.45) is 0 Å². The summed E-state index contributed by atoms with van der Waals surface area (Å²) in [5.74, 6) is 0. The molecule has 0 radical (unpaired) electrons. The van der Waals surface area contributed by atoms with Crippen molar-refractivity contribution < 1.29 is 4.74 Å². The van der Waals surface area contributed by atoms with E-state index in [9.17, 15) is 0 Å². The van der Waals surface area contributed by atoms with Crippen LogP contribution in [0.15, 0.2) is 36.8 Å². The van der Waals surface area contributed by atoms with Crippen LogP contribution < -0.4 is 5.32 Å². The second-order valence-corrected chi connectivity index (χ2v) is 5.34. The zero-order chi connectivity index (χ0) is 14.5. The van der Waals surface area contributed by atoms with Gasteiger partial charge in [0.1, 0.15) is 0 Å². The van der Waals surface area contributed by atoms with E-state index < -0.39 is 0 Å². The molecule has 1 fully saturated rings. The Morgan fingerprint density at radius 3 is 2.95 bits per heavy atom. The van der Waals surface area contributed by atoms with Gasteiger partial charge < -0.3 is 10.1 Å². The molecule has 2 aromatic rings. The summed E-state index contributed by atoms with van der Waals surface area (Å²) in [5, 5.41) is 7.95. The van der Waals surface area contributed by atoms with E-state index in [0.29, 0.717) is 6.04 Å². The fourth-order valence-electron chi connectivity index (χ4n) is 2.90. The molecule has 5 nitrogen and oxygen atoms in total. The van der Waals surface area contributed by atoms with Crippen LogP contribution in [0.5, 0.6) is 0 Å². The smallest absolute Gasteiger partial charge is 0.0978 e. The normalized spacial score (nSPS) is 22.3. The second-order valence-electron chi connectivity index (χ2n) is 5.34. The van der Waals surface area contributed by atoms with Gasteiger partial charge in [-0.15, -0.1) is 0 Å². The Morgan fingerprint density at radius 1 is 1.29 bits per heavy atom. The molecule has 0 spiro atoms. The van der Waals surface area contributed by atoms with Crippen molar-refractivity contribution in [1.29, 1.82) is 0 Å². The molecule has 2 atom stereocenters. The average molecular weight is 286 g/mol. The van der Waals surface area contributed by atoms with E-state index in [1.165, 1.54) is 11.3 Å². The van der Waals surface area contributed by atoms with Crippen LogP contribution in [0.1, 0.15) is 37.1 Å². The molecule has 1 aliphatic rings. The van der Waals surface area contributed by atoms with Crippen LogP contribution in [0.25, 0.3) is 0 Å². The van der Waals surface area contributed by atoms with Gasteiger partial charge in [-0.3, -0.25) is 9.67 Å². The largest absolute Gasteiger partial charge is 0.372 e. The Bertz CT molecular complexity index is 554. The Hall–Kier alpha value is -1.72. The molecule has 0 unspecified atom stereocenters. The number of hydrogen-bond acceptors (Lipinski definition) is 4. The van der Waals surface area contributed by atoms with Crippen molar-refractivity contribution in [3.05, 3.63) is 48.0 Å². The maximum absolute atomic E-state index is 5.99. The molecule has 0 saturated carbocycles. The zero-order valence-electron chi connectivity index (χ0n) is 12.4. The molecule has 1 N–H and O–H groups in total. The fraction of sp³-hybridized carbons (Fsp3) is 0.500. The van der Waals surface area contributed by atoms with Crippen LogP contribution in [-0.2, 0) is 17.8 Å². The van der Waals surface area contributed by atoms with Crippen molar-refractivity contribution in [2.45, 2.75) is 45.0 Å². The highest BCUT2D eigenvalue weighted by Crippen LogP contribution is 2.28. The Kier molecular flexibility index (Phi) is 4.62. The molecule has 0 aliphatic carbocycles. The molecule has 0 aromatic carbocycles. The van der Waals surface area contributed by atoms with Gasteiger partial charge >= 0.3 is 0 Å². The van der Waals surface area contributed by atoms with E-state index in [4.69, 9.17) is 4.74 Å². The standard InChI is InChI=1S/C16H22N4O/c1-2-20-14(7-10-19-20)12-18-15-4-3-11-21-16(15)13-5-8-17-9-6-13/h5-10,15-16,18H,2-4,11-12H2,1H3/t15-,16+/m0/s1. The summed E-state index contributed by atoms with van der Waals surface area (Å²) in [7, 11) is 0. The summed E-state index contributed by atoms with van der Waals surface area (Å²) in [4.78, 5) is 4.09. The molecule has 5 heteroatoms. The van der Waals surface area contributed by atoms with Gasteiger partial charge in [-0.05, 0) is 43.5 Å². The van der Waals surface area contributed by atoms with E-state index >= 15 is 0 Å². The number of aromatic nitrogens is 3. The van der Waals surface area contributed by atoms with E-state index in [0.717, 1.165) is 32.5 Å². The van der Waals surface area contributed by atoms with Gasteiger partial charge in [0, 0.05) is 44.3 Å². The average Bonchev–Trinajstić information content (AvgIpc) is 3.01. The summed E-state index contributed by atoms with van der Waals surface area (Å²) < 4.78 is 8.02. The lowest BCUT2D eigenvalue weighted by Gasteiger charge is -2.32. The van der Waals surface area contributed by atoms with Crippen molar-refractivity contribution in [2.75, 3.05) is 6.61 Å². The van der Waals surface area contributed by atoms with Crippen molar-refractivity contribution >= 4 is 0 Å². The number of aryl methyl sites for hydroxylation is 1. The maximum Gasteiger partial charge on any atom is 0.0978 e. The van der Waals surface area contributed by atoms with E-state index in [1.807, 2.05) is 35.4 Å². The van der Waals surface area contributed by atoms with Gasteiger partial charge in [0.2, 0.25) is 0 Å². The Balaban J connectivity index is 1.67. The molecular weight excluding hydrogens is 264 g/mol. The molecule has 112 valence electrons.